The molecule has 21 heavy (non-hydrogen) atoms. The molecule has 3 rings (SSSR count). The highest BCUT2D eigenvalue weighted by molar-refractivity contribution is 6.35. The van der Waals surface area contributed by atoms with Gasteiger partial charge in [-0.1, -0.05) is 44.4 Å². The highest BCUT2D eigenvalue weighted by Crippen LogP contribution is 2.40. The number of aromatic nitrogens is 4. The van der Waals surface area contributed by atoms with Gasteiger partial charge >= 0.3 is 0 Å². The zero-order chi connectivity index (χ0) is 15.0. The summed E-state index contributed by atoms with van der Waals surface area (Å²) in [4.78, 5) is 0. The van der Waals surface area contributed by atoms with Crippen LogP contribution in [-0.2, 0) is 0 Å². The lowest BCUT2D eigenvalue weighted by Crippen LogP contribution is -2.28. The van der Waals surface area contributed by atoms with E-state index in [1.807, 2.05) is 16.8 Å². The van der Waals surface area contributed by atoms with E-state index in [1.54, 1.807) is 6.07 Å². The van der Waals surface area contributed by atoms with Crippen LogP contribution in [-0.4, -0.2) is 20.2 Å². The summed E-state index contributed by atoms with van der Waals surface area (Å²) in [6, 6.07) is 5.89. The average Bonchev–Trinajstić information content (AvgIpc) is 2.94. The molecule has 1 aliphatic carbocycles. The van der Waals surface area contributed by atoms with E-state index in [9.17, 15) is 0 Å². The molecule has 1 aliphatic rings. The minimum Gasteiger partial charge on any atom is -0.398 e. The molecule has 3 atom stereocenters. The predicted octanol–water partition coefficient (Wildman–Crippen LogP) is 3.57. The second kappa shape index (κ2) is 5.64. The summed E-state index contributed by atoms with van der Waals surface area (Å²) in [5.74, 6) is 1.93. The Bertz CT molecular complexity index is 639. The molecule has 1 aromatic heterocycles. The summed E-state index contributed by atoms with van der Waals surface area (Å²) in [7, 11) is 0. The Morgan fingerprint density at radius 3 is 2.90 bits per heavy atom. The summed E-state index contributed by atoms with van der Waals surface area (Å²) in [5.41, 5.74) is 7.24. The lowest BCUT2D eigenvalue weighted by molar-refractivity contribution is 0.174. The fourth-order valence-corrected chi connectivity index (χ4v) is 3.43. The van der Waals surface area contributed by atoms with Crippen molar-refractivity contribution in [3.63, 3.8) is 0 Å². The number of hydrogen-bond acceptors (Lipinski definition) is 4. The Balaban J connectivity index is 2.03. The van der Waals surface area contributed by atoms with E-state index in [4.69, 9.17) is 17.3 Å². The van der Waals surface area contributed by atoms with Gasteiger partial charge < -0.3 is 5.73 Å². The van der Waals surface area contributed by atoms with E-state index in [-0.39, 0.29) is 0 Å². The van der Waals surface area contributed by atoms with E-state index >= 15 is 0 Å². The maximum atomic E-state index is 6.33. The van der Waals surface area contributed by atoms with E-state index in [1.165, 1.54) is 12.8 Å². The molecule has 5 nitrogen and oxygen atoms in total. The first-order chi connectivity index (χ1) is 10.1. The Labute approximate surface area is 129 Å². The van der Waals surface area contributed by atoms with Crippen LogP contribution in [0.15, 0.2) is 18.2 Å². The van der Waals surface area contributed by atoms with Crippen LogP contribution in [0.2, 0.25) is 5.02 Å². The number of tetrazole rings is 1. The van der Waals surface area contributed by atoms with Crippen LogP contribution in [0.5, 0.6) is 0 Å². The van der Waals surface area contributed by atoms with Gasteiger partial charge in [-0.15, -0.1) is 5.10 Å². The Morgan fingerprint density at radius 1 is 1.29 bits per heavy atom. The van der Waals surface area contributed by atoms with Gasteiger partial charge in [0.15, 0.2) is 5.82 Å². The highest BCUT2D eigenvalue weighted by Gasteiger charge is 2.31. The van der Waals surface area contributed by atoms with Gasteiger partial charge in [0.05, 0.1) is 16.8 Å². The monoisotopic (exact) mass is 305 g/mol. The van der Waals surface area contributed by atoms with Crippen molar-refractivity contribution in [2.75, 3.05) is 5.73 Å². The third kappa shape index (κ3) is 2.50. The van der Waals surface area contributed by atoms with Gasteiger partial charge in [0.25, 0.3) is 0 Å². The minimum atomic E-state index is 0.316. The first-order valence-corrected chi connectivity index (χ1v) is 7.79. The van der Waals surface area contributed by atoms with Crippen molar-refractivity contribution in [1.29, 1.82) is 0 Å². The van der Waals surface area contributed by atoms with Crippen molar-refractivity contribution in [3.8, 4) is 11.4 Å². The number of nitrogen functional groups attached to an aromatic ring is 1. The molecule has 1 fully saturated rings. The SMILES string of the molecule is CC1CCCC(n2nnnc2-c2cccc(N)c2Cl)C1C. The average molecular weight is 306 g/mol. The lowest BCUT2D eigenvalue weighted by atomic mass is 9.78. The largest absolute Gasteiger partial charge is 0.398 e. The number of benzene rings is 1. The smallest absolute Gasteiger partial charge is 0.183 e. The van der Waals surface area contributed by atoms with E-state index in [0.717, 1.165) is 12.0 Å². The zero-order valence-corrected chi connectivity index (χ0v) is 13.1. The number of nitrogens with two attached hydrogens (primary N) is 1. The third-order valence-electron chi connectivity index (χ3n) is 4.74. The van der Waals surface area contributed by atoms with Gasteiger partial charge in [-0.2, -0.15) is 0 Å². The molecule has 0 radical (unpaired) electrons. The number of hydrogen-bond donors (Lipinski definition) is 1. The molecular formula is C15H20ClN5. The van der Waals surface area contributed by atoms with Gasteiger partial charge in [0.2, 0.25) is 0 Å². The van der Waals surface area contributed by atoms with Crippen LogP contribution in [0.1, 0.15) is 39.2 Å². The van der Waals surface area contributed by atoms with Crippen molar-refractivity contribution in [1.82, 2.24) is 20.2 Å². The maximum Gasteiger partial charge on any atom is 0.183 e. The molecule has 0 bridgehead atoms. The molecule has 2 N–H and O–H groups in total. The second-order valence-corrected chi connectivity index (χ2v) is 6.37. The maximum absolute atomic E-state index is 6.33. The Morgan fingerprint density at radius 2 is 2.10 bits per heavy atom. The second-order valence-electron chi connectivity index (χ2n) is 5.99. The normalized spacial score (nSPS) is 26.0. The predicted molar refractivity (Wildman–Crippen MR) is 83.9 cm³/mol. The van der Waals surface area contributed by atoms with Crippen LogP contribution in [0.3, 0.4) is 0 Å². The zero-order valence-electron chi connectivity index (χ0n) is 12.3. The third-order valence-corrected chi connectivity index (χ3v) is 5.16. The number of anilines is 1. The van der Waals surface area contributed by atoms with Crippen LogP contribution < -0.4 is 5.73 Å². The van der Waals surface area contributed by atoms with E-state index in [2.05, 4.69) is 29.4 Å². The molecule has 0 aliphatic heterocycles. The Kier molecular flexibility index (Phi) is 3.85. The molecule has 0 amide bonds. The van der Waals surface area contributed by atoms with Crippen molar-refractivity contribution in [3.05, 3.63) is 23.2 Å². The molecular weight excluding hydrogens is 286 g/mol. The quantitative estimate of drug-likeness (QED) is 0.861. The van der Waals surface area contributed by atoms with Crippen LogP contribution in [0.4, 0.5) is 5.69 Å². The van der Waals surface area contributed by atoms with Gasteiger partial charge in [0.1, 0.15) is 0 Å². The molecule has 6 heteroatoms. The number of rotatable bonds is 2. The van der Waals surface area contributed by atoms with Crippen LogP contribution in [0, 0.1) is 11.8 Å². The van der Waals surface area contributed by atoms with Crippen molar-refractivity contribution in [2.24, 2.45) is 11.8 Å². The molecule has 0 spiro atoms. The van der Waals surface area contributed by atoms with Gasteiger partial charge in [-0.25, -0.2) is 4.68 Å². The number of halogens is 1. The van der Waals surface area contributed by atoms with Crippen molar-refractivity contribution in [2.45, 2.75) is 39.2 Å². The number of nitrogens with zero attached hydrogens (tertiary/aromatic N) is 4. The van der Waals surface area contributed by atoms with Gasteiger partial charge in [0, 0.05) is 5.56 Å². The van der Waals surface area contributed by atoms with Crippen LogP contribution in [0.25, 0.3) is 11.4 Å². The summed E-state index contributed by atoms with van der Waals surface area (Å²) in [5, 5.41) is 12.8. The fourth-order valence-electron chi connectivity index (χ4n) is 3.22. The molecule has 2 aromatic rings. The fraction of sp³-hybridized carbons (Fsp3) is 0.533. The molecule has 3 unspecified atom stereocenters. The van der Waals surface area contributed by atoms with Crippen molar-refractivity contribution >= 4 is 17.3 Å². The van der Waals surface area contributed by atoms with Crippen molar-refractivity contribution < 1.29 is 0 Å². The van der Waals surface area contributed by atoms with Gasteiger partial charge in [-0.05, 0) is 40.8 Å². The molecule has 1 heterocycles. The van der Waals surface area contributed by atoms with E-state index in [0.29, 0.717) is 34.4 Å². The first kappa shape index (κ1) is 14.3. The summed E-state index contributed by atoms with van der Waals surface area (Å²) >= 11 is 6.33. The van der Waals surface area contributed by atoms with E-state index < -0.39 is 0 Å². The molecule has 112 valence electrons. The Hall–Kier alpha value is -1.62. The minimum absolute atomic E-state index is 0.316. The summed E-state index contributed by atoms with van der Waals surface area (Å²) < 4.78 is 1.93. The topological polar surface area (TPSA) is 69.6 Å². The summed E-state index contributed by atoms with van der Waals surface area (Å²) in [6.45, 7) is 4.58. The highest BCUT2D eigenvalue weighted by atomic mass is 35.5. The summed E-state index contributed by atoms with van der Waals surface area (Å²) in [6.07, 6.45) is 3.58. The molecule has 1 aromatic carbocycles. The van der Waals surface area contributed by atoms with Gasteiger partial charge in [-0.3, -0.25) is 0 Å². The molecule has 0 saturated heterocycles. The van der Waals surface area contributed by atoms with Crippen LogP contribution >= 0.6 is 11.6 Å². The standard InChI is InChI=1S/C15H20ClN5/c1-9-5-3-8-13(10(9)2)21-15(18-19-20-21)11-6-4-7-12(17)14(11)16/h4,6-7,9-10,13H,3,5,8,17H2,1-2H3. The lowest BCUT2D eigenvalue weighted by Gasteiger charge is -2.34. The first-order valence-electron chi connectivity index (χ1n) is 7.41. The molecule has 1 saturated carbocycles.